The number of rotatable bonds is 4. The predicted molar refractivity (Wildman–Crippen MR) is 85.4 cm³/mol. The highest BCUT2D eigenvalue weighted by Crippen LogP contribution is 2.21. The maximum atomic E-state index is 12.0. The molecule has 0 radical (unpaired) electrons. The summed E-state index contributed by atoms with van der Waals surface area (Å²) in [5.74, 6) is 0. The van der Waals surface area contributed by atoms with E-state index in [4.69, 9.17) is 23.2 Å². The van der Waals surface area contributed by atoms with Gasteiger partial charge in [0.2, 0.25) is 0 Å². The van der Waals surface area contributed by atoms with Gasteiger partial charge in [-0.15, -0.1) is 0 Å². The summed E-state index contributed by atoms with van der Waals surface area (Å²) < 4.78 is 24.1. The van der Waals surface area contributed by atoms with E-state index in [1.165, 1.54) is 12.1 Å². The zero-order chi connectivity index (χ0) is 15.5. The van der Waals surface area contributed by atoms with E-state index < -0.39 is 10.0 Å². The Kier molecular flexibility index (Phi) is 4.88. The fourth-order valence-corrected chi connectivity index (χ4v) is 2.92. The molecule has 0 atom stereocenters. The molecule has 0 fully saturated rings. The van der Waals surface area contributed by atoms with Crippen LogP contribution in [0.2, 0.25) is 10.0 Å². The molecule has 2 aromatic carbocycles. The van der Waals surface area contributed by atoms with Crippen LogP contribution < -0.4 is 4.83 Å². The maximum Gasteiger partial charge on any atom is 0.276 e. The van der Waals surface area contributed by atoms with E-state index >= 15 is 0 Å². The van der Waals surface area contributed by atoms with Gasteiger partial charge in [0.1, 0.15) is 0 Å². The van der Waals surface area contributed by atoms with Gasteiger partial charge in [0.15, 0.2) is 0 Å². The monoisotopic (exact) mass is 342 g/mol. The van der Waals surface area contributed by atoms with Gasteiger partial charge in [-0.3, -0.25) is 0 Å². The van der Waals surface area contributed by atoms with Gasteiger partial charge in [0.05, 0.1) is 10.6 Å². The molecule has 0 unspecified atom stereocenters. The van der Waals surface area contributed by atoms with Crippen LogP contribution in [-0.4, -0.2) is 14.1 Å². The highest BCUT2D eigenvalue weighted by Gasteiger charge is 2.12. The molecule has 0 aliphatic heterocycles. The SMILES string of the molecule is C/C(=N\NS(=O)(=O)c1ccccc1)c1cc(Cl)ccc1Cl. The molecule has 0 aliphatic rings. The summed E-state index contributed by atoms with van der Waals surface area (Å²) in [7, 11) is -3.70. The van der Waals surface area contributed by atoms with E-state index in [0.29, 0.717) is 21.3 Å². The molecule has 4 nitrogen and oxygen atoms in total. The molecule has 2 rings (SSSR count). The highest BCUT2D eigenvalue weighted by atomic mass is 35.5. The van der Waals surface area contributed by atoms with Crippen LogP contribution in [0.15, 0.2) is 58.5 Å². The molecule has 0 spiro atoms. The molecule has 2 aromatic rings. The van der Waals surface area contributed by atoms with Gasteiger partial charge in [-0.05, 0) is 37.3 Å². The van der Waals surface area contributed by atoms with Gasteiger partial charge in [0, 0.05) is 15.6 Å². The molecule has 7 heteroatoms. The first kappa shape index (κ1) is 15.8. The first-order chi connectivity index (χ1) is 9.90. The van der Waals surface area contributed by atoms with Crippen LogP contribution in [0, 0.1) is 0 Å². The van der Waals surface area contributed by atoms with E-state index in [0.717, 1.165) is 0 Å². The molecule has 0 bridgehead atoms. The van der Waals surface area contributed by atoms with E-state index in [1.807, 2.05) is 0 Å². The fraction of sp³-hybridized carbons (Fsp3) is 0.0714. The van der Waals surface area contributed by atoms with Crippen LogP contribution in [0.1, 0.15) is 12.5 Å². The van der Waals surface area contributed by atoms with Crippen molar-refractivity contribution in [2.75, 3.05) is 0 Å². The minimum atomic E-state index is -3.70. The average molecular weight is 343 g/mol. The van der Waals surface area contributed by atoms with Crippen LogP contribution in [0.25, 0.3) is 0 Å². The Bertz CT molecular complexity index is 775. The van der Waals surface area contributed by atoms with Crippen molar-refractivity contribution in [3.8, 4) is 0 Å². The van der Waals surface area contributed by atoms with Gasteiger partial charge >= 0.3 is 0 Å². The average Bonchev–Trinajstić information content (AvgIpc) is 2.48. The molecular weight excluding hydrogens is 331 g/mol. The summed E-state index contributed by atoms with van der Waals surface area (Å²) in [5.41, 5.74) is 0.988. The Hall–Kier alpha value is -1.56. The van der Waals surface area contributed by atoms with Crippen molar-refractivity contribution in [1.29, 1.82) is 0 Å². The number of halogens is 2. The van der Waals surface area contributed by atoms with Crippen LogP contribution >= 0.6 is 23.2 Å². The van der Waals surface area contributed by atoms with Crippen LogP contribution in [0.5, 0.6) is 0 Å². The van der Waals surface area contributed by atoms with E-state index in [2.05, 4.69) is 9.93 Å². The predicted octanol–water partition coefficient (Wildman–Crippen LogP) is 3.70. The normalized spacial score (nSPS) is 12.2. The lowest BCUT2D eigenvalue weighted by atomic mass is 10.1. The standard InChI is InChI=1S/C14H12Cl2N2O2S/c1-10(13-9-11(15)7-8-14(13)16)17-18-21(19,20)12-5-3-2-4-6-12/h2-9,18H,1H3/b17-10+. The Morgan fingerprint density at radius 2 is 1.76 bits per heavy atom. The first-order valence-electron chi connectivity index (χ1n) is 5.97. The number of hydrogen-bond donors (Lipinski definition) is 1. The molecule has 21 heavy (non-hydrogen) atoms. The second-order valence-corrected chi connectivity index (χ2v) is 6.73. The second-order valence-electron chi connectivity index (χ2n) is 4.23. The van der Waals surface area contributed by atoms with Crippen molar-refractivity contribution in [2.45, 2.75) is 11.8 Å². The Morgan fingerprint density at radius 1 is 1.10 bits per heavy atom. The van der Waals surface area contributed by atoms with Crippen molar-refractivity contribution in [1.82, 2.24) is 4.83 Å². The van der Waals surface area contributed by atoms with Crippen molar-refractivity contribution in [3.63, 3.8) is 0 Å². The Morgan fingerprint density at radius 3 is 2.43 bits per heavy atom. The molecule has 0 saturated carbocycles. The third kappa shape index (κ3) is 3.97. The number of benzene rings is 2. The van der Waals surface area contributed by atoms with Crippen LogP contribution in [-0.2, 0) is 10.0 Å². The molecule has 0 aromatic heterocycles. The third-order valence-corrected chi connectivity index (χ3v) is 4.49. The third-order valence-electron chi connectivity index (χ3n) is 2.71. The molecule has 0 aliphatic carbocycles. The zero-order valence-electron chi connectivity index (χ0n) is 11.0. The molecular formula is C14H12Cl2N2O2S. The molecule has 110 valence electrons. The maximum absolute atomic E-state index is 12.0. The first-order valence-corrected chi connectivity index (χ1v) is 8.20. The topological polar surface area (TPSA) is 58.5 Å². The Labute approximate surface area is 133 Å². The minimum absolute atomic E-state index is 0.138. The molecule has 1 N–H and O–H groups in total. The van der Waals surface area contributed by atoms with Crippen molar-refractivity contribution < 1.29 is 8.42 Å². The molecule has 0 saturated heterocycles. The summed E-state index contributed by atoms with van der Waals surface area (Å²) in [4.78, 5) is 2.32. The summed E-state index contributed by atoms with van der Waals surface area (Å²) >= 11 is 11.9. The summed E-state index contributed by atoms with van der Waals surface area (Å²) in [6.07, 6.45) is 0. The van der Waals surface area contributed by atoms with E-state index in [-0.39, 0.29) is 4.90 Å². The number of hydrazone groups is 1. The molecule has 0 amide bonds. The van der Waals surface area contributed by atoms with Crippen molar-refractivity contribution in [3.05, 3.63) is 64.1 Å². The quantitative estimate of drug-likeness (QED) is 0.680. The Balaban J connectivity index is 2.27. The van der Waals surface area contributed by atoms with Crippen LogP contribution in [0.3, 0.4) is 0 Å². The minimum Gasteiger partial charge on any atom is -0.200 e. The lowest BCUT2D eigenvalue weighted by Crippen LogP contribution is -2.20. The van der Waals surface area contributed by atoms with Crippen molar-refractivity contribution >= 4 is 38.9 Å². The van der Waals surface area contributed by atoms with Gasteiger partial charge in [0.25, 0.3) is 10.0 Å². The van der Waals surface area contributed by atoms with Crippen LogP contribution in [0.4, 0.5) is 0 Å². The lowest BCUT2D eigenvalue weighted by Gasteiger charge is -2.07. The lowest BCUT2D eigenvalue weighted by molar-refractivity contribution is 0.584. The van der Waals surface area contributed by atoms with Gasteiger partial charge in [-0.1, -0.05) is 41.4 Å². The second kappa shape index (κ2) is 6.47. The van der Waals surface area contributed by atoms with Gasteiger partial charge in [-0.25, -0.2) is 0 Å². The number of sulfonamides is 1. The van der Waals surface area contributed by atoms with E-state index in [1.54, 1.807) is 43.3 Å². The van der Waals surface area contributed by atoms with Gasteiger partial charge in [-0.2, -0.15) is 18.4 Å². The highest BCUT2D eigenvalue weighted by molar-refractivity contribution is 7.89. The summed E-state index contributed by atoms with van der Waals surface area (Å²) in [5, 5.41) is 4.82. The fourth-order valence-electron chi connectivity index (χ4n) is 1.62. The smallest absolute Gasteiger partial charge is 0.200 e. The largest absolute Gasteiger partial charge is 0.276 e. The zero-order valence-corrected chi connectivity index (χ0v) is 13.4. The summed E-state index contributed by atoms with van der Waals surface area (Å²) in [6.45, 7) is 1.64. The number of nitrogens with zero attached hydrogens (tertiary/aromatic N) is 1. The van der Waals surface area contributed by atoms with E-state index in [9.17, 15) is 8.42 Å². The number of nitrogens with one attached hydrogen (secondary N) is 1. The van der Waals surface area contributed by atoms with Gasteiger partial charge < -0.3 is 0 Å². The number of hydrogen-bond acceptors (Lipinski definition) is 3. The molecule has 0 heterocycles. The summed E-state index contributed by atoms with van der Waals surface area (Å²) in [6, 6.07) is 12.9. The van der Waals surface area contributed by atoms with Crippen molar-refractivity contribution in [2.24, 2.45) is 5.10 Å².